The van der Waals surface area contributed by atoms with E-state index in [1.165, 1.54) is 5.39 Å². The second-order valence-electron chi connectivity index (χ2n) is 4.04. The van der Waals surface area contributed by atoms with Crippen molar-refractivity contribution >= 4 is 16.5 Å². The molecule has 0 aliphatic carbocycles. The average Bonchev–Trinajstić information content (AvgIpc) is 2.39. The molecule has 0 aliphatic rings. The number of aromatic nitrogens is 1. The van der Waals surface area contributed by atoms with Crippen LogP contribution in [0.5, 0.6) is 0 Å². The summed E-state index contributed by atoms with van der Waals surface area (Å²) in [5, 5.41) is 2.36. The highest BCUT2D eigenvalue weighted by Gasteiger charge is 2.00. The molecule has 2 heteroatoms. The summed E-state index contributed by atoms with van der Waals surface area (Å²) in [6.45, 7) is 0. The van der Waals surface area contributed by atoms with Crippen molar-refractivity contribution in [3.05, 3.63) is 60.8 Å². The number of hydrogen-bond acceptors (Lipinski definition) is 2. The summed E-state index contributed by atoms with van der Waals surface area (Å²) in [5.74, 6) is 0. The summed E-state index contributed by atoms with van der Waals surface area (Å²) < 4.78 is 0. The number of benzene rings is 2. The third-order valence-electron chi connectivity index (χ3n) is 2.84. The monoisotopic (exact) mass is 220 g/mol. The quantitative estimate of drug-likeness (QED) is 0.637. The topological polar surface area (TPSA) is 38.9 Å². The van der Waals surface area contributed by atoms with Crippen LogP contribution in [0.2, 0.25) is 0 Å². The molecule has 82 valence electrons. The Morgan fingerprint density at radius 1 is 0.824 bits per heavy atom. The molecule has 0 saturated heterocycles. The Balaban J connectivity index is 2.14. The molecule has 0 spiro atoms. The summed E-state index contributed by atoms with van der Waals surface area (Å²) in [4.78, 5) is 4.47. The van der Waals surface area contributed by atoms with Gasteiger partial charge in [0, 0.05) is 22.8 Å². The number of nitrogens with two attached hydrogens (primary N) is 1. The summed E-state index contributed by atoms with van der Waals surface area (Å²) in [7, 11) is 0. The van der Waals surface area contributed by atoms with Crippen LogP contribution in [0, 0.1) is 0 Å². The predicted octanol–water partition coefficient (Wildman–Crippen LogP) is 3.48. The van der Waals surface area contributed by atoms with Gasteiger partial charge in [0.25, 0.3) is 0 Å². The first-order valence-electron chi connectivity index (χ1n) is 5.54. The minimum atomic E-state index is 0.773. The molecule has 0 radical (unpaired) electrons. The molecule has 3 aromatic rings. The molecule has 0 amide bonds. The minimum absolute atomic E-state index is 0.773. The van der Waals surface area contributed by atoms with Crippen molar-refractivity contribution in [2.75, 3.05) is 5.73 Å². The summed E-state index contributed by atoms with van der Waals surface area (Å²) in [6.07, 6.45) is 1.90. The van der Waals surface area contributed by atoms with E-state index in [-0.39, 0.29) is 0 Å². The SMILES string of the molecule is Nc1ccc(-c2cc3ccccc3cn2)cc1. The van der Waals surface area contributed by atoms with Gasteiger partial charge in [0.05, 0.1) is 5.69 Å². The normalized spacial score (nSPS) is 10.6. The van der Waals surface area contributed by atoms with Crippen molar-refractivity contribution in [1.29, 1.82) is 0 Å². The van der Waals surface area contributed by atoms with E-state index in [1.54, 1.807) is 0 Å². The van der Waals surface area contributed by atoms with Crippen LogP contribution in [0.1, 0.15) is 0 Å². The standard InChI is InChI=1S/C15H12N2/c16-14-7-5-11(6-8-14)15-9-12-3-1-2-4-13(12)10-17-15/h1-10H,16H2. The number of pyridine rings is 1. The molecule has 1 aromatic heterocycles. The fraction of sp³-hybridized carbons (Fsp3) is 0. The third-order valence-corrected chi connectivity index (χ3v) is 2.84. The van der Waals surface area contributed by atoms with E-state index in [9.17, 15) is 0 Å². The number of nitrogens with zero attached hydrogens (tertiary/aromatic N) is 1. The second kappa shape index (κ2) is 3.91. The maximum absolute atomic E-state index is 5.67. The van der Waals surface area contributed by atoms with Crippen molar-refractivity contribution < 1.29 is 0 Å². The lowest BCUT2D eigenvalue weighted by atomic mass is 10.1. The molecule has 0 saturated carbocycles. The van der Waals surface area contributed by atoms with Crippen LogP contribution in [0.25, 0.3) is 22.0 Å². The summed E-state index contributed by atoms with van der Waals surface area (Å²) in [5.41, 5.74) is 8.51. The molecule has 3 rings (SSSR count). The minimum Gasteiger partial charge on any atom is -0.399 e. The highest BCUT2D eigenvalue weighted by atomic mass is 14.7. The van der Waals surface area contributed by atoms with Gasteiger partial charge in [-0.15, -0.1) is 0 Å². The lowest BCUT2D eigenvalue weighted by Gasteiger charge is -2.03. The molecule has 2 nitrogen and oxygen atoms in total. The predicted molar refractivity (Wildman–Crippen MR) is 71.6 cm³/mol. The summed E-state index contributed by atoms with van der Waals surface area (Å²) >= 11 is 0. The first-order valence-corrected chi connectivity index (χ1v) is 5.54. The van der Waals surface area contributed by atoms with E-state index in [2.05, 4.69) is 23.2 Å². The number of nitrogen functional groups attached to an aromatic ring is 1. The molecule has 0 atom stereocenters. The molecule has 0 aliphatic heterocycles. The first kappa shape index (κ1) is 9.85. The average molecular weight is 220 g/mol. The second-order valence-corrected chi connectivity index (χ2v) is 4.04. The zero-order valence-corrected chi connectivity index (χ0v) is 9.30. The Labute approximate surface area is 99.7 Å². The van der Waals surface area contributed by atoms with E-state index in [1.807, 2.05) is 42.6 Å². The van der Waals surface area contributed by atoms with Crippen molar-refractivity contribution in [3.8, 4) is 11.3 Å². The van der Waals surface area contributed by atoms with Gasteiger partial charge >= 0.3 is 0 Å². The highest BCUT2D eigenvalue weighted by molar-refractivity contribution is 5.85. The Kier molecular flexibility index (Phi) is 2.26. The van der Waals surface area contributed by atoms with Gasteiger partial charge < -0.3 is 5.73 Å². The molecule has 2 aromatic carbocycles. The fourth-order valence-corrected chi connectivity index (χ4v) is 1.90. The van der Waals surface area contributed by atoms with Crippen molar-refractivity contribution in [1.82, 2.24) is 4.98 Å². The molecule has 0 unspecified atom stereocenters. The van der Waals surface area contributed by atoms with Gasteiger partial charge in [-0.1, -0.05) is 36.4 Å². The van der Waals surface area contributed by atoms with Gasteiger partial charge in [-0.3, -0.25) is 4.98 Å². The maximum atomic E-state index is 5.67. The van der Waals surface area contributed by atoms with E-state index in [0.717, 1.165) is 22.3 Å². The Morgan fingerprint density at radius 2 is 1.53 bits per heavy atom. The third kappa shape index (κ3) is 1.85. The number of hydrogen-bond donors (Lipinski definition) is 1. The molecule has 0 bridgehead atoms. The number of fused-ring (bicyclic) bond motifs is 1. The molecule has 17 heavy (non-hydrogen) atoms. The van der Waals surface area contributed by atoms with Crippen LogP contribution in [0.3, 0.4) is 0 Å². The maximum Gasteiger partial charge on any atom is 0.0708 e. The van der Waals surface area contributed by atoms with E-state index in [0.29, 0.717) is 0 Å². The van der Waals surface area contributed by atoms with Gasteiger partial charge in [-0.05, 0) is 23.6 Å². The van der Waals surface area contributed by atoms with Gasteiger partial charge in [-0.2, -0.15) is 0 Å². The van der Waals surface area contributed by atoms with Crippen LogP contribution in [0.15, 0.2) is 60.8 Å². The highest BCUT2D eigenvalue weighted by Crippen LogP contribution is 2.22. The largest absolute Gasteiger partial charge is 0.399 e. The molecular weight excluding hydrogens is 208 g/mol. The van der Waals surface area contributed by atoms with Crippen LogP contribution < -0.4 is 5.73 Å². The lowest BCUT2D eigenvalue weighted by Crippen LogP contribution is -1.86. The molecular formula is C15H12N2. The number of rotatable bonds is 1. The van der Waals surface area contributed by atoms with Crippen LogP contribution in [-0.4, -0.2) is 4.98 Å². The van der Waals surface area contributed by atoms with Gasteiger partial charge in [0.1, 0.15) is 0 Å². The lowest BCUT2D eigenvalue weighted by molar-refractivity contribution is 1.36. The number of anilines is 1. The van der Waals surface area contributed by atoms with Crippen LogP contribution in [0.4, 0.5) is 5.69 Å². The zero-order valence-electron chi connectivity index (χ0n) is 9.30. The zero-order chi connectivity index (χ0) is 11.7. The first-order chi connectivity index (χ1) is 8.33. The van der Waals surface area contributed by atoms with Crippen LogP contribution in [-0.2, 0) is 0 Å². The summed E-state index contributed by atoms with van der Waals surface area (Å²) in [6, 6.07) is 18.1. The smallest absolute Gasteiger partial charge is 0.0708 e. The molecule has 2 N–H and O–H groups in total. The Morgan fingerprint density at radius 3 is 2.29 bits per heavy atom. The van der Waals surface area contributed by atoms with Crippen molar-refractivity contribution in [2.45, 2.75) is 0 Å². The van der Waals surface area contributed by atoms with Gasteiger partial charge in [0.15, 0.2) is 0 Å². The Hall–Kier alpha value is -2.35. The van der Waals surface area contributed by atoms with Crippen molar-refractivity contribution in [2.24, 2.45) is 0 Å². The van der Waals surface area contributed by atoms with Crippen molar-refractivity contribution in [3.63, 3.8) is 0 Å². The van der Waals surface area contributed by atoms with E-state index in [4.69, 9.17) is 5.73 Å². The van der Waals surface area contributed by atoms with Gasteiger partial charge in [-0.25, -0.2) is 0 Å². The van der Waals surface area contributed by atoms with E-state index >= 15 is 0 Å². The van der Waals surface area contributed by atoms with Gasteiger partial charge in [0.2, 0.25) is 0 Å². The van der Waals surface area contributed by atoms with E-state index < -0.39 is 0 Å². The Bertz CT molecular complexity index is 657. The van der Waals surface area contributed by atoms with Crippen LogP contribution >= 0.6 is 0 Å². The molecule has 1 heterocycles. The molecule has 0 fully saturated rings. The fourth-order valence-electron chi connectivity index (χ4n) is 1.90.